The number of carbonyl (C=O) groups excluding carboxylic acids is 1. The Balaban J connectivity index is 1.94. The molecule has 116 valence electrons. The van der Waals surface area contributed by atoms with Gasteiger partial charge in [0, 0.05) is 11.4 Å². The van der Waals surface area contributed by atoms with Gasteiger partial charge in [-0.2, -0.15) is 0 Å². The van der Waals surface area contributed by atoms with E-state index in [1.807, 2.05) is 20.8 Å². The number of aliphatic hydroxyl groups excluding tert-OH is 1. The maximum Gasteiger partial charge on any atom is 0.410 e. The molecule has 0 saturated carbocycles. The highest BCUT2D eigenvalue weighted by Gasteiger charge is 2.36. The molecule has 0 aliphatic carbocycles. The van der Waals surface area contributed by atoms with Crippen LogP contribution in [0.3, 0.4) is 0 Å². The maximum absolute atomic E-state index is 12.0. The number of aliphatic hydroxyl groups is 1. The van der Waals surface area contributed by atoms with E-state index in [0.717, 1.165) is 4.90 Å². The predicted octanol–water partition coefficient (Wildman–Crippen LogP) is 2.46. The number of phenolic OH excluding ortho intramolecular Hbond substituents is 1. The lowest BCUT2D eigenvalue weighted by Crippen LogP contribution is -2.35. The van der Waals surface area contributed by atoms with E-state index in [2.05, 4.69) is 0 Å². The molecule has 1 heterocycles. The zero-order valence-electron chi connectivity index (χ0n) is 12.4. The van der Waals surface area contributed by atoms with Crippen molar-refractivity contribution < 1.29 is 19.7 Å². The van der Waals surface area contributed by atoms with Crippen molar-refractivity contribution in [2.75, 3.05) is 13.1 Å². The molecule has 1 aromatic rings. The molecule has 2 N–H and O–H groups in total. The molecule has 21 heavy (non-hydrogen) atoms. The fraction of sp³-hybridized carbons (Fsp3) is 0.533. The molecule has 1 amide bonds. The molecule has 1 aliphatic rings. The van der Waals surface area contributed by atoms with Gasteiger partial charge < -0.3 is 19.8 Å². The van der Waals surface area contributed by atoms with Crippen LogP contribution in [0.1, 0.15) is 20.8 Å². The highest BCUT2D eigenvalue weighted by molar-refractivity contribution is 8.00. The average molecular weight is 311 g/mol. The van der Waals surface area contributed by atoms with Gasteiger partial charge in [0.25, 0.3) is 0 Å². The van der Waals surface area contributed by atoms with Gasteiger partial charge in [0.1, 0.15) is 11.4 Å². The highest BCUT2D eigenvalue weighted by Crippen LogP contribution is 2.31. The van der Waals surface area contributed by atoms with Gasteiger partial charge in [-0.1, -0.05) is 0 Å². The number of amides is 1. The minimum atomic E-state index is -0.587. The van der Waals surface area contributed by atoms with Crippen LogP contribution >= 0.6 is 11.8 Å². The van der Waals surface area contributed by atoms with Crippen molar-refractivity contribution >= 4 is 17.9 Å². The molecule has 0 aromatic heterocycles. The molecule has 1 aliphatic heterocycles. The monoisotopic (exact) mass is 311 g/mol. The third-order valence-corrected chi connectivity index (χ3v) is 4.32. The molecule has 2 rings (SSSR count). The predicted molar refractivity (Wildman–Crippen MR) is 81.6 cm³/mol. The van der Waals surface area contributed by atoms with Crippen LogP contribution in [0.25, 0.3) is 0 Å². The minimum absolute atomic E-state index is 0.0953. The number of β-amino-alcohol motifs (C(OH)–C–C–N with tert-alkyl or cyclic N) is 1. The van der Waals surface area contributed by atoms with E-state index in [0.29, 0.717) is 6.54 Å². The summed E-state index contributed by atoms with van der Waals surface area (Å²) in [5.41, 5.74) is -0.537. The lowest BCUT2D eigenvalue weighted by Gasteiger charge is -2.24. The summed E-state index contributed by atoms with van der Waals surface area (Å²) in [5, 5.41) is 19.3. The van der Waals surface area contributed by atoms with Crippen molar-refractivity contribution in [2.24, 2.45) is 0 Å². The third-order valence-electron chi connectivity index (χ3n) is 3.01. The van der Waals surface area contributed by atoms with Gasteiger partial charge in [0.05, 0.1) is 17.9 Å². The second-order valence-electron chi connectivity index (χ2n) is 6.10. The standard InChI is InChI=1S/C15H21NO4S/c1-15(2,3)20-14(19)16-8-12(18)13(9-16)21-11-6-4-10(17)5-7-11/h4-7,12-13,17-18H,8-9H2,1-3H3/t12-,13-/m1/s1. The Hall–Kier alpha value is -1.40. The number of carbonyl (C=O) groups is 1. The second kappa shape index (κ2) is 6.15. The van der Waals surface area contributed by atoms with Crippen molar-refractivity contribution in [3.63, 3.8) is 0 Å². The highest BCUT2D eigenvalue weighted by atomic mass is 32.2. The first kappa shape index (κ1) is 16.0. The summed E-state index contributed by atoms with van der Waals surface area (Å²) >= 11 is 1.50. The Morgan fingerprint density at radius 2 is 1.90 bits per heavy atom. The largest absolute Gasteiger partial charge is 0.508 e. The Morgan fingerprint density at radius 1 is 1.29 bits per heavy atom. The first-order valence-corrected chi connectivity index (χ1v) is 7.74. The van der Waals surface area contributed by atoms with E-state index < -0.39 is 17.8 Å². The summed E-state index contributed by atoms with van der Waals surface area (Å²) in [6.45, 7) is 6.19. The van der Waals surface area contributed by atoms with E-state index in [1.54, 1.807) is 24.3 Å². The van der Waals surface area contributed by atoms with E-state index >= 15 is 0 Å². The van der Waals surface area contributed by atoms with Gasteiger partial charge >= 0.3 is 6.09 Å². The summed E-state index contributed by atoms with van der Waals surface area (Å²) in [7, 11) is 0. The summed E-state index contributed by atoms with van der Waals surface area (Å²) in [4.78, 5) is 14.5. The second-order valence-corrected chi connectivity index (χ2v) is 7.42. The maximum atomic E-state index is 12.0. The van der Waals surface area contributed by atoms with Crippen LogP contribution in [0.5, 0.6) is 5.75 Å². The van der Waals surface area contributed by atoms with Gasteiger partial charge in [-0.15, -0.1) is 11.8 Å². The zero-order valence-corrected chi connectivity index (χ0v) is 13.3. The Labute approximate surface area is 128 Å². The fourth-order valence-corrected chi connectivity index (χ4v) is 3.19. The van der Waals surface area contributed by atoms with Gasteiger partial charge in [-0.3, -0.25) is 0 Å². The summed E-state index contributed by atoms with van der Waals surface area (Å²) in [5.74, 6) is 0.210. The fourth-order valence-electron chi connectivity index (χ4n) is 2.05. The molecule has 1 fully saturated rings. The molecular weight excluding hydrogens is 290 g/mol. The van der Waals surface area contributed by atoms with Crippen LogP contribution in [0.2, 0.25) is 0 Å². The smallest absolute Gasteiger partial charge is 0.410 e. The average Bonchev–Trinajstić information content (AvgIpc) is 2.72. The molecule has 1 saturated heterocycles. The molecule has 0 radical (unpaired) electrons. The number of aromatic hydroxyl groups is 1. The van der Waals surface area contributed by atoms with E-state index in [9.17, 15) is 15.0 Å². The molecule has 0 spiro atoms. The summed E-state index contributed by atoms with van der Waals surface area (Å²) in [6, 6.07) is 6.80. The minimum Gasteiger partial charge on any atom is -0.508 e. The van der Waals surface area contributed by atoms with Gasteiger partial charge in [0.2, 0.25) is 0 Å². The first-order valence-electron chi connectivity index (χ1n) is 6.86. The lowest BCUT2D eigenvalue weighted by molar-refractivity contribution is 0.0270. The normalized spacial score (nSPS) is 22.4. The van der Waals surface area contributed by atoms with Crippen LogP contribution in [-0.2, 0) is 4.74 Å². The number of likely N-dealkylation sites (tertiary alicyclic amines) is 1. The van der Waals surface area contributed by atoms with Gasteiger partial charge in [-0.25, -0.2) is 4.79 Å². The van der Waals surface area contributed by atoms with Crippen molar-refractivity contribution in [1.82, 2.24) is 4.90 Å². The van der Waals surface area contributed by atoms with Crippen LogP contribution < -0.4 is 0 Å². The van der Waals surface area contributed by atoms with Crippen molar-refractivity contribution in [2.45, 2.75) is 42.6 Å². The number of hydrogen-bond donors (Lipinski definition) is 2. The molecular formula is C15H21NO4S. The summed E-state index contributed by atoms with van der Waals surface area (Å²) < 4.78 is 5.32. The third kappa shape index (κ3) is 4.54. The van der Waals surface area contributed by atoms with E-state index in [1.165, 1.54) is 16.7 Å². The van der Waals surface area contributed by atoms with Gasteiger partial charge in [0.15, 0.2) is 0 Å². The zero-order chi connectivity index (χ0) is 15.6. The number of hydrogen-bond acceptors (Lipinski definition) is 5. The quantitative estimate of drug-likeness (QED) is 0.878. The SMILES string of the molecule is CC(C)(C)OC(=O)N1C[C@@H](O)[C@H](Sc2ccc(O)cc2)C1. The number of ether oxygens (including phenoxy) is 1. The molecule has 5 nitrogen and oxygen atoms in total. The Kier molecular flexibility index (Phi) is 4.68. The van der Waals surface area contributed by atoms with Crippen LogP contribution in [0, 0.1) is 0 Å². The number of phenols is 1. The topological polar surface area (TPSA) is 70.0 Å². The van der Waals surface area contributed by atoms with E-state index in [-0.39, 0.29) is 17.5 Å². The van der Waals surface area contributed by atoms with Crippen LogP contribution in [0.15, 0.2) is 29.2 Å². The van der Waals surface area contributed by atoms with Crippen molar-refractivity contribution in [3.05, 3.63) is 24.3 Å². The number of rotatable bonds is 2. The van der Waals surface area contributed by atoms with E-state index in [4.69, 9.17) is 4.74 Å². The molecule has 0 unspecified atom stereocenters. The lowest BCUT2D eigenvalue weighted by atomic mass is 10.2. The Morgan fingerprint density at radius 3 is 2.48 bits per heavy atom. The summed E-state index contributed by atoms with van der Waals surface area (Å²) in [6.07, 6.45) is -0.980. The molecule has 6 heteroatoms. The molecule has 0 bridgehead atoms. The van der Waals surface area contributed by atoms with Crippen molar-refractivity contribution in [1.29, 1.82) is 0 Å². The number of thioether (sulfide) groups is 1. The van der Waals surface area contributed by atoms with Crippen LogP contribution in [-0.4, -0.2) is 51.3 Å². The number of benzene rings is 1. The van der Waals surface area contributed by atoms with Crippen molar-refractivity contribution in [3.8, 4) is 5.75 Å². The Bertz CT molecular complexity index is 497. The first-order chi connectivity index (χ1) is 9.74. The number of nitrogens with zero attached hydrogens (tertiary/aromatic N) is 1. The van der Waals surface area contributed by atoms with Gasteiger partial charge in [-0.05, 0) is 45.0 Å². The molecule has 1 aromatic carbocycles. The molecule has 2 atom stereocenters. The van der Waals surface area contributed by atoms with Crippen LogP contribution in [0.4, 0.5) is 4.79 Å².